The van der Waals surface area contributed by atoms with Gasteiger partial charge in [0.05, 0.1) is 49.9 Å². The number of hydrogen-bond acceptors (Lipinski definition) is 8. The van der Waals surface area contributed by atoms with Crippen LogP contribution in [-0.2, 0) is 28.5 Å². The van der Waals surface area contributed by atoms with Crippen molar-refractivity contribution in [2.75, 3.05) is 33.0 Å². The first-order valence-electron chi connectivity index (χ1n) is 17.9. The molecule has 11 heteroatoms. The average molecular weight is 733 g/mol. The summed E-state index contributed by atoms with van der Waals surface area (Å²) in [6.07, 6.45) is 0.141. The Hall–Kier alpha value is -3.82. The number of piperidine rings is 1. The molecule has 278 valence electrons. The lowest BCUT2D eigenvalue weighted by molar-refractivity contribution is -0.177. The van der Waals surface area contributed by atoms with Gasteiger partial charge in [0, 0.05) is 35.4 Å². The summed E-state index contributed by atoms with van der Waals surface area (Å²) in [5.41, 5.74) is -0.859. The minimum absolute atomic E-state index is 0.0254. The third-order valence-corrected chi connectivity index (χ3v) is 11.0. The summed E-state index contributed by atoms with van der Waals surface area (Å²) in [6.45, 7) is 6.59. The van der Waals surface area contributed by atoms with E-state index in [4.69, 9.17) is 30.5 Å². The molecule has 0 radical (unpaired) electrons. The molecule has 0 saturated carbocycles. The van der Waals surface area contributed by atoms with E-state index in [0.29, 0.717) is 30.2 Å². The second-order valence-electron chi connectivity index (χ2n) is 14.3. The van der Waals surface area contributed by atoms with Gasteiger partial charge in [-0.15, -0.1) is 0 Å². The fraction of sp³-hybridized carbons (Fsp3) is 0.488. The van der Waals surface area contributed by atoms with Crippen LogP contribution in [0.3, 0.4) is 0 Å². The van der Waals surface area contributed by atoms with Gasteiger partial charge in [0.2, 0.25) is 0 Å². The van der Waals surface area contributed by atoms with Gasteiger partial charge in [0.15, 0.2) is 5.79 Å². The van der Waals surface area contributed by atoms with Crippen LogP contribution in [-0.4, -0.2) is 79.2 Å². The number of carboxylic acid groups (broad SMARTS) is 2. The zero-order valence-electron chi connectivity index (χ0n) is 30.0. The maximum Gasteiger partial charge on any atom is 0.311 e. The quantitative estimate of drug-likeness (QED) is 0.124. The maximum atomic E-state index is 14.2. The topological polar surface area (TPSA) is 147 Å². The van der Waals surface area contributed by atoms with Crippen LogP contribution in [0.4, 0.5) is 0 Å². The molecular weight excluding hydrogens is 684 g/mol. The normalized spacial score (nSPS) is 26.9. The number of nitrogens with one attached hydrogen (secondary N) is 1. The second kappa shape index (κ2) is 17.3. The second-order valence-corrected chi connectivity index (χ2v) is 14.7. The predicted molar refractivity (Wildman–Crippen MR) is 196 cm³/mol. The maximum absolute atomic E-state index is 14.2. The number of carbonyl (C=O) groups is 2. The van der Waals surface area contributed by atoms with E-state index in [1.54, 1.807) is 31.2 Å². The molecule has 0 bridgehead atoms. The Kier molecular flexibility index (Phi) is 13.1. The summed E-state index contributed by atoms with van der Waals surface area (Å²) < 4.78 is 23.4. The first-order chi connectivity index (χ1) is 24.9. The predicted octanol–water partition coefficient (Wildman–Crippen LogP) is 7.03. The summed E-state index contributed by atoms with van der Waals surface area (Å²) in [7, 11) is 0. The number of ether oxygens (including phenoxy) is 4. The summed E-state index contributed by atoms with van der Waals surface area (Å²) >= 11 is 6.55. The van der Waals surface area contributed by atoms with E-state index in [9.17, 15) is 25.1 Å². The molecule has 3 aromatic carbocycles. The number of carboxylic acids is 2. The Morgan fingerprint density at radius 1 is 0.923 bits per heavy atom. The van der Waals surface area contributed by atoms with Crippen molar-refractivity contribution < 1.29 is 38.7 Å². The third-order valence-electron chi connectivity index (χ3n) is 10.8. The standard InChI is InChI=1S/C41H49ClN2O8/c1-28-40(37(45)46,19-11-21-43)36(31-16-10-17-32(42)24-31)41(38(47)48,20-18-34(29-12-6-4-7-13-29)30-14-8-5-9-15-30)35(44-28)27-50-23-22-49-25-33-26-51-39(2,3)52-33/h4-10,12-17,24,28,33-36,44H,11,18-20,22-23,25-27H2,1-3H3,(H,45,46)(H,47,48). The Labute approximate surface area is 311 Å². The SMILES string of the molecule is CC1NC(COCCOCC2COC(C)(C)O2)C(CCC(c2ccccc2)c2ccccc2)(C(=O)O)C(c2cccc(Cl)c2)C1(CCC#N)C(=O)O. The van der Waals surface area contributed by atoms with E-state index < -0.39 is 46.6 Å². The van der Waals surface area contributed by atoms with Crippen molar-refractivity contribution in [2.24, 2.45) is 10.8 Å². The van der Waals surface area contributed by atoms with Crippen LogP contribution in [0.15, 0.2) is 84.9 Å². The highest BCUT2D eigenvalue weighted by Gasteiger charge is 2.67. The van der Waals surface area contributed by atoms with E-state index in [0.717, 1.165) is 11.1 Å². The van der Waals surface area contributed by atoms with Crippen molar-refractivity contribution in [3.05, 3.63) is 107 Å². The average Bonchev–Trinajstić information content (AvgIpc) is 3.48. The largest absolute Gasteiger partial charge is 0.481 e. The van der Waals surface area contributed by atoms with Gasteiger partial charge in [-0.1, -0.05) is 84.4 Å². The van der Waals surface area contributed by atoms with Crippen molar-refractivity contribution in [1.29, 1.82) is 5.26 Å². The smallest absolute Gasteiger partial charge is 0.311 e. The van der Waals surface area contributed by atoms with Gasteiger partial charge in [-0.3, -0.25) is 9.59 Å². The highest BCUT2D eigenvalue weighted by atomic mass is 35.5. The molecule has 2 aliphatic heterocycles. The lowest BCUT2D eigenvalue weighted by atomic mass is 9.49. The molecule has 0 aliphatic carbocycles. The van der Waals surface area contributed by atoms with Crippen LogP contribution in [0.1, 0.15) is 75.0 Å². The summed E-state index contributed by atoms with van der Waals surface area (Å²) in [6, 6.07) is 27.2. The number of benzene rings is 3. The zero-order valence-corrected chi connectivity index (χ0v) is 30.8. The van der Waals surface area contributed by atoms with Gasteiger partial charge in [-0.25, -0.2) is 0 Å². The Balaban J connectivity index is 1.54. The zero-order chi connectivity index (χ0) is 37.4. The van der Waals surface area contributed by atoms with E-state index >= 15 is 0 Å². The van der Waals surface area contributed by atoms with Gasteiger partial charge in [0.25, 0.3) is 0 Å². The molecule has 5 rings (SSSR count). The molecular formula is C41H49ClN2O8. The van der Waals surface area contributed by atoms with E-state index in [-0.39, 0.29) is 51.1 Å². The first-order valence-corrected chi connectivity index (χ1v) is 18.2. The molecule has 2 aliphatic rings. The molecule has 3 aromatic rings. The minimum atomic E-state index is -1.71. The lowest BCUT2D eigenvalue weighted by Gasteiger charge is -2.58. The first kappa shape index (κ1) is 39.4. The summed E-state index contributed by atoms with van der Waals surface area (Å²) in [5.74, 6) is -4.25. The van der Waals surface area contributed by atoms with Gasteiger partial charge in [-0.05, 0) is 68.9 Å². The number of rotatable bonds is 17. The van der Waals surface area contributed by atoms with E-state index in [2.05, 4.69) is 11.4 Å². The van der Waals surface area contributed by atoms with Crippen molar-refractivity contribution in [2.45, 2.75) is 82.3 Å². The highest BCUT2D eigenvalue weighted by molar-refractivity contribution is 6.30. The molecule has 3 N–H and O–H groups in total. The van der Waals surface area contributed by atoms with Gasteiger partial charge in [-0.2, -0.15) is 5.26 Å². The fourth-order valence-corrected chi connectivity index (χ4v) is 8.58. The van der Waals surface area contributed by atoms with Crippen LogP contribution < -0.4 is 5.32 Å². The van der Waals surface area contributed by atoms with Crippen LogP contribution in [0, 0.1) is 22.2 Å². The summed E-state index contributed by atoms with van der Waals surface area (Å²) in [5, 5.41) is 36.3. The van der Waals surface area contributed by atoms with Crippen molar-refractivity contribution in [3.63, 3.8) is 0 Å². The third kappa shape index (κ3) is 8.52. The van der Waals surface area contributed by atoms with Crippen molar-refractivity contribution in [1.82, 2.24) is 5.32 Å². The number of nitrogens with zero attached hydrogens (tertiary/aromatic N) is 1. The van der Waals surface area contributed by atoms with E-state index in [1.165, 1.54) is 0 Å². The molecule has 0 aromatic heterocycles. The lowest BCUT2D eigenvalue weighted by Crippen LogP contribution is -2.71. The molecule has 0 amide bonds. The fourth-order valence-electron chi connectivity index (χ4n) is 8.38. The van der Waals surface area contributed by atoms with Crippen molar-refractivity contribution in [3.8, 4) is 6.07 Å². The number of halogens is 1. The molecule has 2 saturated heterocycles. The molecule has 52 heavy (non-hydrogen) atoms. The van der Waals surface area contributed by atoms with Gasteiger partial charge >= 0.3 is 11.9 Å². The number of nitriles is 1. The molecule has 2 fully saturated rings. The molecule has 0 spiro atoms. The number of aliphatic carboxylic acids is 2. The van der Waals surface area contributed by atoms with Crippen LogP contribution in [0.5, 0.6) is 0 Å². The molecule has 6 atom stereocenters. The van der Waals surface area contributed by atoms with E-state index in [1.807, 2.05) is 74.5 Å². The van der Waals surface area contributed by atoms with Gasteiger partial charge < -0.3 is 34.5 Å². The highest BCUT2D eigenvalue weighted by Crippen LogP contribution is 2.60. The Morgan fingerprint density at radius 3 is 2.08 bits per heavy atom. The number of hydrogen-bond donors (Lipinski definition) is 3. The minimum Gasteiger partial charge on any atom is -0.481 e. The monoisotopic (exact) mass is 732 g/mol. The Morgan fingerprint density at radius 2 is 1.54 bits per heavy atom. The molecule has 10 nitrogen and oxygen atoms in total. The molecule has 2 heterocycles. The summed E-state index contributed by atoms with van der Waals surface area (Å²) in [4.78, 5) is 27.9. The molecule has 6 unspecified atom stereocenters. The van der Waals surface area contributed by atoms with Gasteiger partial charge in [0.1, 0.15) is 6.10 Å². The van der Waals surface area contributed by atoms with Crippen LogP contribution in [0.25, 0.3) is 0 Å². The Bertz CT molecular complexity index is 1650. The van der Waals surface area contributed by atoms with Crippen molar-refractivity contribution >= 4 is 23.5 Å². The van der Waals surface area contributed by atoms with Crippen LogP contribution >= 0.6 is 11.6 Å². The van der Waals surface area contributed by atoms with Crippen LogP contribution in [0.2, 0.25) is 5.02 Å².